The van der Waals surface area contributed by atoms with Gasteiger partial charge in [0.05, 0.1) is 24.9 Å². The maximum atomic E-state index is 13.9. The third-order valence-corrected chi connectivity index (χ3v) is 4.37. The fourth-order valence-electron chi connectivity index (χ4n) is 2.79. The van der Waals surface area contributed by atoms with Crippen LogP contribution in [0.1, 0.15) is 21.5 Å². The molecule has 0 aliphatic rings. The number of amides is 1. The molecule has 11 heteroatoms. The first-order valence-corrected chi connectivity index (χ1v) is 8.74. The molecule has 2 aromatic carbocycles. The molecule has 31 heavy (non-hydrogen) atoms. The Morgan fingerprint density at radius 1 is 1.16 bits per heavy atom. The van der Waals surface area contributed by atoms with Crippen molar-refractivity contribution >= 4 is 11.6 Å². The quantitative estimate of drug-likeness (QED) is 0.601. The molecule has 0 radical (unpaired) electrons. The Hall–Kier alpha value is -3.89. The van der Waals surface area contributed by atoms with Crippen LogP contribution in [0.15, 0.2) is 58.3 Å². The molecule has 0 fully saturated rings. The lowest BCUT2D eigenvalue weighted by molar-refractivity contribution is -0.137. The van der Waals surface area contributed by atoms with E-state index in [-0.39, 0.29) is 17.0 Å². The molecule has 7 nitrogen and oxygen atoms in total. The number of methoxy groups -OCH3 is 1. The van der Waals surface area contributed by atoms with Gasteiger partial charge in [0.25, 0.3) is 11.5 Å². The first-order chi connectivity index (χ1) is 14.6. The Morgan fingerprint density at radius 3 is 2.52 bits per heavy atom. The van der Waals surface area contributed by atoms with Crippen molar-refractivity contribution in [3.05, 3.63) is 92.0 Å². The van der Waals surface area contributed by atoms with Crippen molar-refractivity contribution in [1.82, 2.24) is 9.55 Å². The summed E-state index contributed by atoms with van der Waals surface area (Å²) in [5, 5.41) is 2.18. The van der Waals surface area contributed by atoms with Gasteiger partial charge in [-0.2, -0.15) is 13.2 Å². The number of benzene rings is 2. The lowest BCUT2D eigenvalue weighted by Gasteiger charge is -2.14. The summed E-state index contributed by atoms with van der Waals surface area (Å²) in [6, 6.07) is 7.89. The predicted molar refractivity (Wildman–Crippen MR) is 103 cm³/mol. The number of aromatic nitrogens is 2. The highest BCUT2D eigenvalue weighted by molar-refractivity contribution is 6.04. The molecule has 0 atom stereocenters. The molecule has 0 unspecified atom stereocenters. The number of carbonyl (C=O) groups is 1. The molecule has 0 aliphatic heterocycles. The third-order valence-electron chi connectivity index (χ3n) is 4.37. The zero-order valence-corrected chi connectivity index (χ0v) is 15.9. The van der Waals surface area contributed by atoms with Crippen molar-refractivity contribution in [3.8, 4) is 5.75 Å². The van der Waals surface area contributed by atoms with Gasteiger partial charge in [-0.1, -0.05) is 18.2 Å². The van der Waals surface area contributed by atoms with Gasteiger partial charge in [-0.25, -0.2) is 9.18 Å². The van der Waals surface area contributed by atoms with Crippen LogP contribution in [0.25, 0.3) is 0 Å². The van der Waals surface area contributed by atoms with E-state index in [2.05, 4.69) is 10.3 Å². The van der Waals surface area contributed by atoms with Crippen LogP contribution in [-0.2, 0) is 12.7 Å². The van der Waals surface area contributed by atoms with Crippen molar-refractivity contribution in [3.63, 3.8) is 0 Å². The van der Waals surface area contributed by atoms with Gasteiger partial charge in [0.15, 0.2) is 0 Å². The second-order valence-electron chi connectivity index (χ2n) is 6.36. The number of H-pyrrole nitrogens is 1. The molecule has 2 N–H and O–H groups in total. The van der Waals surface area contributed by atoms with E-state index in [1.807, 2.05) is 0 Å². The zero-order chi connectivity index (χ0) is 22.8. The van der Waals surface area contributed by atoms with Crippen molar-refractivity contribution in [1.29, 1.82) is 0 Å². The van der Waals surface area contributed by atoms with Gasteiger partial charge in [0, 0.05) is 11.8 Å². The molecule has 3 rings (SSSR count). The monoisotopic (exact) mass is 437 g/mol. The number of nitrogens with zero attached hydrogens (tertiary/aromatic N) is 1. The number of alkyl halides is 3. The molecule has 0 saturated heterocycles. The van der Waals surface area contributed by atoms with Gasteiger partial charge in [-0.15, -0.1) is 0 Å². The summed E-state index contributed by atoms with van der Waals surface area (Å²) in [6.45, 7) is -0.450. The van der Waals surface area contributed by atoms with E-state index in [1.54, 1.807) is 0 Å². The van der Waals surface area contributed by atoms with E-state index < -0.39 is 46.8 Å². The maximum Gasteiger partial charge on any atom is 0.416 e. The highest BCUT2D eigenvalue weighted by Crippen LogP contribution is 2.35. The number of aromatic amines is 1. The largest absolute Gasteiger partial charge is 0.495 e. The van der Waals surface area contributed by atoms with Crippen LogP contribution in [0, 0.1) is 5.82 Å². The minimum Gasteiger partial charge on any atom is -0.495 e. The topological polar surface area (TPSA) is 93.2 Å². The van der Waals surface area contributed by atoms with Crippen LogP contribution in [0.4, 0.5) is 23.2 Å². The molecular weight excluding hydrogens is 422 g/mol. The number of rotatable bonds is 5. The van der Waals surface area contributed by atoms with Crippen molar-refractivity contribution < 1.29 is 27.1 Å². The van der Waals surface area contributed by atoms with E-state index in [1.165, 1.54) is 25.3 Å². The Labute approximate surface area is 171 Å². The SMILES string of the molecule is COc1ccc(C(F)(F)F)cc1NC(=O)c1c[nH]c(=O)n(Cc2ccccc2F)c1=O. The number of hydrogen-bond donors (Lipinski definition) is 2. The number of carbonyl (C=O) groups excluding carboxylic acids is 1. The number of anilines is 1. The van der Waals surface area contributed by atoms with Gasteiger partial charge >= 0.3 is 11.9 Å². The first kappa shape index (κ1) is 21.8. The molecule has 0 saturated carbocycles. The lowest BCUT2D eigenvalue weighted by Crippen LogP contribution is -2.39. The Morgan fingerprint density at radius 2 is 1.87 bits per heavy atom. The summed E-state index contributed by atoms with van der Waals surface area (Å²) < 4.78 is 58.4. The van der Waals surface area contributed by atoms with Crippen LogP contribution in [-0.4, -0.2) is 22.6 Å². The molecule has 0 spiro atoms. The average molecular weight is 437 g/mol. The molecule has 1 aromatic heterocycles. The van der Waals surface area contributed by atoms with Crippen LogP contribution in [0.5, 0.6) is 5.75 Å². The second kappa shape index (κ2) is 8.46. The number of ether oxygens (including phenoxy) is 1. The summed E-state index contributed by atoms with van der Waals surface area (Å²) >= 11 is 0. The summed E-state index contributed by atoms with van der Waals surface area (Å²) in [4.78, 5) is 39.5. The minimum absolute atomic E-state index is 0.0344. The molecule has 162 valence electrons. The van der Waals surface area contributed by atoms with E-state index in [0.717, 1.165) is 24.4 Å². The summed E-state index contributed by atoms with van der Waals surface area (Å²) in [5.41, 5.74) is -3.82. The number of halogens is 4. The van der Waals surface area contributed by atoms with E-state index in [0.29, 0.717) is 10.6 Å². The van der Waals surface area contributed by atoms with Crippen molar-refractivity contribution in [2.45, 2.75) is 12.7 Å². The fourth-order valence-corrected chi connectivity index (χ4v) is 2.79. The molecule has 3 aromatic rings. The van der Waals surface area contributed by atoms with Crippen LogP contribution >= 0.6 is 0 Å². The Balaban J connectivity index is 1.98. The summed E-state index contributed by atoms with van der Waals surface area (Å²) in [5.74, 6) is -1.81. The molecule has 1 amide bonds. The molecule has 1 heterocycles. The summed E-state index contributed by atoms with van der Waals surface area (Å²) in [6.07, 6.45) is -3.84. The van der Waals surface area contributed by atoms with E-state index in [4.69, 9.17) is 4.74 Å². The van der Waals surface area contributed by atoms with Crippen LogP contribution < -0.4 is 21.3 Å². The van der Waals surface area contributed by atoms with E-state index >= 15 is 0 Å². The highest BCUT2D eigenvalue weighted by atomic mass is 19.4. The van der Waals surface area contributed by atoms with Gasteiger partial charge in [-0.05, 0) is 24.3 Å². The first-order valence-electron chi connectivity index (χ1n) is 8.74. The average Bonchev–Trinajstić information content (AvgIpc) is 2.71. The standard InChI is InChI=1S/C20H15F4N3O4/c1-31-16-7-6-12(20(22,23)24)8-15(16)26-17(28)13-9-25-19(30)27(18(13)29)10-11-4-2-3-5-14(11)21/h2-9H,10H2,1H3,(H,25,30)(H,26,28). The highest BCUT2D eigenvalue weighted by Gasteiger charge is 2.31. The second-order valence-corrected chi connectivity index (χ2v) is 6.36. The normalized spacial score (nSPS) is 11.3. The lowest BCUT2D eigenvalue weighted by atomic mass is 10.1. The zero-order valence-electron chi connectivity index (χ0n) is 15.9. The minimum atomic E-state index is -4.67. The maximum absolute atomic E-state index is 13.9. The molecular formula is C20H15F4N3O4. The van der Waals surface area contributed by atoms with Gasteiger partial charge < -0.3 is 15.0 Å². The van der Waals surface area contributed by atoms with Gasteiger partial charge in [-0.3, -0.25) is 14.2 Å². The van der Waals surface area contributed by atoms with Crippen molar-refractivity contribution in [2.24, 2.45) is 0 Å². The number of hydrogen-bond acceptors (Lipinski definition) is 4. The predicted octanol–water partition coefficient (Wildman–Crippen LogP) is 3.00. The molecule has 0 bridgehead atoms. The van der Waals surface area contributed by atoms with Crippen LogP contribution in [0.2, 0.25) is 0 Å². The number of nitrogens with one attached hydrogen (secondary N) is 2. The van der Waals surface area contributed by atoms with E-state index in [9.17, 15) is 31.9 Å². The fraction of sp³-hybridized carbons (Fsp3) is 0.150. The van der Waals surface area contributed by atoms with Crippen molar-refractivity contribution in [2.75, 3.05) is 12.4 Å². The Bertz CT molecular complexity index is 1250. The smallest absolute Gasteiger partial charge is 0.416 e. The Kier molecular flexibility index (Phi) is 5.95. The van der Waals surface area contributed by atoms with Crippen LogP contribution in [0.3, 0.4) is 0 Å². The molecule has 0 aliphatic carbocycles. The van der Waals surface area contributed by atoms with Gasteiger partial charge in [0.2, 0.25) is 0 Å². The summed E-state index contributed by atoms with van der Waals surface area (Å²) in [7, 11) is 1.19. The third kappa shape index (κ3) is 4.65. The van der Waals surface area contributed by atoms with Gasteiger partial charge in [0.1, 0.15) is 17.1 Å².